The van der Waals surface area contributed by atoms with Gasteiger partial charge in [-0.3, -0.25) is 0 Å². The highest BCUT2D eigenvalue weighted by molar-refractivity contribution is 7.12. The van der Waals surface area contributed by atoms with Crippen LogP contribution in [0.15, 0.2) is 268 Å². The molecule has 0 aromatic heterocycles. The molecular formula is C62H68O16Si10. The lowest BCUT2D eigenvalue weighted by Crippen LogP contribution is -2.93. The van der Waals surface area contributed by atoms with Gasteiger partial charge in [-0.1, -0.05) is 255 Å². The predicted octanol–water partition coefficient (Wildman–Crippen LogP) is 6.39. The zero-order valence-electron chi connectivity index (χ0n) is 48.9. The molecule has 0 aliphatic carbocycles. The normalized spacial score (nSPS) is 32.6. The largest absolute Gasteiger partial charge is 0.515 e. The zero-order valence-corrected chi connectivity index (χ0v) is 58.9. The highest BCUT2D eigenvalue weighted by Crippen LogP contribution is 2.48. The second-order valence-electron chi connectivity index (χ2n) is 22.0. The standard InChI is InChI=1S/C62H68O16Si10/c1-5-49-63-51-31-53-79(3)65-81(55-33-15-7-16-34-55)69-85(59-41-23-11-24-42-59)73-83(57-37-19-9-20-38-57)67-80(4,54-32-52-64-50-6-2)68-84(58-39-21-10-22-40-58)75-87(77-85,61-45-27-13-28-46-61)71-82(66-79,56-35-17-8-18-36-56)72-88(76-84,62-47-29-14-30-48-62)78-86(70-81,74-83)60-43-25-12-26-44-60/h5-30,33-48H,1-2,31-32,49-54H2,3-4H3. The van der Waals surface area contributed by atoms with Crippen molar-refractivity contribution in [2.24, 2.45) is 0 Å². The summed E-state index contributed by atoms with van der Waals surface area (Å²) in [6, 6.07) is 78.3. The molecule has 0 atom stereocenters. The van der Waals surface area contributed by atoms with E-state index in [4.69, 9.17) is 67.1 Å². The summed E-state index contributed by atoms with van der Waals surface area (Å²) in [5.74, 6) is 0. The van der Waals surface area contributed by atoms with Crippen molar-refractivity contribution in [3.05, 3.63) is 268 Å². The molecule has 0 radical (unpaired) electrons. The third-order valence-electron chi connectivity index (χ3n) is 15.4. The molecular weight excluding hydrogens is 1280 g/mol. The first kappa shape index (κ1) is 61.6. The Morgan fingerprint density at radius 3 is 0.580 bits per heavy atom. The van der Waals surface area contributed by atoms with Gasteiger partial charge in [0.05, 0.1) is 13.2 Å². The quantitative estimate of drug-likeness (QED) is 0.0472. The van der Waals surface area contributed by atoms with Crippen molar-refractivity contribution in [1.82, 2.24) is 0 Å². The Morgan fingerprint density at radius 2 is 0.420 bits per heavy atom. The second-order valence-corrected chi connectivity index (χ2v) is 52.5. The number of fused-ring (bicyclic) bond motifs is 4. The monoisotopic (exact) mass is 1350 g/mol. The van der Waals surface area contributed by atoms with E-state index in [0.29, 0.717) is 92.9 Å². The Balaban J connectivity index is 1.28. The molecule has 26 heteroatoms. The molecule has 6 aliphatic heterocycles. The van der Waals surface area contributed by atoms with Crippen LogP contribution in [0.5, 0.6) is 0 Å². The summed E-state index contributed by atoms with van der Waals surface area (Å²) in [4.78, 5) is 0. The summed E-state index contributed by atoms with van der Waals surface area (Å²) in [5, 5.41) is 4.18. The zero-order chi connectivity index (χ0) is 60.3. The van der Waals surface area contributed by atoms with Gasteiger partial charge in [-0.25, -0.2) is 0 Å². The highest BCUT2D eigenvalue weighted by Gasteiger charge is 2.83. The third-order valence-corrected chi connectivity index (χ3v) is 59.0. The van der Waals surface area contributed by atoms with Crippen LogP contribution in [0, 0.1) is 0 Å². The number of hydrogen-bond acceptors (Lipinski definition) is 16. The molecule has 8 bridgehead atoms. The molecule has 14 rings (SSSR count). The second kappa shape index (κ2) is 25.5. The molecule has 0 saturated carbocycles. The van der Waals surface area contributed by atoms with E-state index >= 15 is 0 Å². The van der Waals surface area contributed by atoms with Gasteiger partial charge in [0.25, 0.3) is 0 Å². The van der Waals surface area contributed by atoms with E-state index in [0.717, 1.165) is 0 Å². The van der Waals surface area contributed by atoms with E-state index < -0.39 is 87.6 Å². The number of ether oxygens (including phenoxy) is 2. The summed E-state index contributed by atoms with van der Waals surface area (Å²) >= 11 is 0. The lowest BCUT2D eigenvalue weighted by atomic mass is 10.4. The van der Waals surface area contributed by atoms with Gasteiger partial charge in [0.2, 0.25) is 0 Å². The molecule has 0 N–H and O–H groups in total. The Morgan fingerprint density at radius 1 is 0.261 bits per heavy atom. The molecule has 0 spiro atoms. The minimum absolute atomic E-state index is 0.301. The molecule has 6 fully saturated rings. The van der Waals surface area contributed by atoms with E-state index in [2.05, 4.69) is 13.2 Å². The molecule has 452 valence electrons. The van der Waals surface area contributed by atoms with Crippen molar-refractivity contribution >= 4 is 129 Å². The molecule has 6 heterocycles. The molecule has 6 aliphatic rings. The first-order chi connectivity index (χ1) is 42.9. The van der Waals surface area contributed by atoms with Crippen molar-refractivity contribution in [2.45, 2.75) is 38.0 Å². The Hall–Kier alpha value is -5.23. The van der Waals surface area contributed by atoms with Gasteiger partial charge in [0.1, 0.15) is 0 Å². The summed E-state index contributed by atoms with van der Waals surface area (Å²) < 4.78 is 131. The molecule has 0 unspecified atom stereocenters. The topological polar surface area (TPSA) is 148 Å². The van der Waals surface area contributed by atoms with E-state index in [9.17, 15) is 0 Å². The Kier molecular flexibility index (Phi) is 17.8. The number of benzene rings is 8. The fraction of sp³-hybridized carbons (Fsp3) is 0.161. The molecule has 6 saturated heterocycles. The lowest BCUT2D eigenvalue weighted by Gasteiger charge is -2.61. The van der Waals surface area contributed by atoms with Gasteiger partial charge in [-0.05, 0) is 38.0 Å². The van der Waals surface area contributed by atoms with Crippen molar-refractivity contribution in [3.63, 3.8) is 0 Å². The molecule has 88 heavy (non-hydrogen) atoms. The van der Waals surface area contributed by atoms with Gasteiger partial charge in [0.15, 0.2) is 0 Å². The van der Waals surface area contributed by atoms with Crippen LogP contribution < -0.4 is 41.5 Å². The van der Waals surface area contributed by atoms with E-state index in [1.807, 2.05) is 256 Å². The van der Waals surface area contributed by atoms with Crippen molar-refractivity contribution in [2.75, 3.05) is 26.4 Å². The summed E-state index contributed by atoms with van der Waals surface area (Å²) in [5.41, 5.74) is 0. The van der Waals surface area contributed by atoms with Crippen molar-refractivity contribution in [1.29, 1.82) is 0 Å². The predicted molar refractivity (Wildman–Crippen MR) is 354 cm³/mol. The average molecular weight is 1350 g/mol. The van der Waals surface area contributed by atoms with Crippen LogP contribution in [0.2, 0.25) is 25.2 Å². The molecule has 8 aromatic rings. The first-order valence-electron chi connectivity index (χ1n) is 29.5. The maximum absolute atomic E-state index is 8.59. The van der Waals surface area contributed by atoms with Crippen LogP contribution in [0.4, 0.5) is 0 Å². The summed E-state index contributed by atoms with van der Waals surface area (Å²) in [6.45, 7) is 13.3. The lowest BCUT2D eigenvalue weighted by molar-refractivity contribution is 0.0248. The summed E-state index contributed by atoms with van der Waals surface area (Å²) in [7, 11) is -49.2. The minimum Gasteiger partial charge on any atom is -0.391 e. The van der Waals surface area contributed by atoms with Crippen LogP contribution >= 0.6 is 0 Å². The van der Waals surface area contributed by atoms with Gasteiger partial charge < -0.3 is 67.1 Å². The fourth-order valence-corrected chi connectivity index (χ4v) is 68.2. The average Bonchev–Trinajstić information content (AvgIpc) is 0.685. The van der Waals surface area contributed by atoms with Gasteiger partial charge in [-0.15, -0.1) is 13.2 Å². The Labute approximate surface area is 525 Å². The first-order valence-corrected chi connectivity index (χ1v) is 48.3. The SMILES string of the molecule is C=CCOCCC[Si]1(C)O[Si]2(c3ccccc3)O[Si]3(c4ccccc4)O[Si]4(c5ccccc5)O[Si](C)(CCCOCC=C)O[Si]5(c6ccccc6)O[Si](c6ccccc6)(O[Si](c6ccccc6)(O1)O[Si](c1ccccc1)(O5)O[Si](c1ccccc1)(O2)O4)O3. The van der Waals surface area contributed by atoms with Gasteiger partial charge >= 0.3 is 87.6 Å². The van der Waals surface area contributed by atoms with Gasteiger partial charge in [0, 0.05) is 54.7 Å². The van der Waals surface area contributed by atoms with Crippen LogP contribution in [0.1, 0.15) is 12.8 Å². The van der Waals surface area contributed by atoms with Crippen LogP contribution in [0.3, 0.4) is 0 Å². The summed E-state index contributed by atoms with van der Waals surface area (Å²) in [6.07, 6.45) is 4.39. The molecule has 8 aromatic carbocycles. The number of hydrogen-bond donors (Lipinski definition) is 0. The van der Waals surface area contributed by atoms with E-state index in [-0.39, 0.29) is 0 Å². The minimum atomic E-state index is -5.20. The van der Waals surface area contributed by atoms with Crippen molar-refractivity contribution in [3.8, 4) is 0 Å². The highest BCUT2D eigenvalue weighted by atomic mass is 28.6. The van der Waals surface area contributed by atoms with Gasteiger partial charge in [-0.2, -0.15) is 0 Å². The van der Waals surface area contributed by atoms with E-state index in [1.54, 1.807) is 12.2 Å². The number of rotatable bonds is 20. The maximum atomic E-state index is 8.59. The molecule has 0 amide bonds. The Bertz CT molecular complexity index is 3170. The van der Waals surface area contributed by atoms with Crippen LogP contribution in [-0.4, -0.2) is 114 Å². The van der Waals surface area contributed by atoms with Crippen LogP contribution in [-0.2, 0) is 67.1 Å². The smallest absolute Gasteiger partial charge is 0.391 e. The van der Waals surface area contributed by atoms with E-state index in [1.165, 1.54) is 0 Å². The maximum Gasteiger partial charge on any atom is 0.515 e. The third kappa shape index (κ3) is 12.0. The fourth-order valence-electron chi connectivity index (χ4n) is 11.5. The van der Waals surface area contributed by atoms with Crippen LogP contribution in [0.25, 0.3) is 0 Å². The molecule has 16 nitrogen and oxygen atoms in total. The van der Waals surface area contributed by atoms with Crippen molar-refractivity contribution < 1.29 is 67.1 Å².